The Hall–Kier alpha value is 0.1000. The maximum atomic E-state index is 5.62. The van der Waals surface area contributed by atoms with Gasteiger partial charge in [0.15, 0.2) is 0 Å². The molecule has 1 aliphatic heterocycles. The lowest BCUT2D eigenvalue weighted by Gasteiger charge is -2.13. The number of halogens is 1. The van der Waals surface area contributed by atoms with Crippen LogP contribution in [0.4, 0.5) is 0 Å². The van der Waals surface area contributed by atoms with Gasteiger partial charge in [-0.15, -0.1) is 11.3 Å². The molecule has 0 saturated carbocycles. The lowest BCUT2D eigenvalue weighted by molar-refractivity contribution is 0.331. The van der Waals surface area contributed by atoms with E-state index in [4.69, 9.17) is 5.73 Å². The third kappa shape index (κ3) is 2.37. The van der Waals surface area contributed by atoms with Crippen LogP contribution in [-0.4, -0.2) is 18.0 Å². The van der Waals surface area contributed by atoms with Crippen molar-refractivity contribution >= 4 is 27.3 Å². The van der Waals surface area contributed by atoms with Crippen LogP contribution in [0.25, 0.3) is 0 Å². The van der Waals surface area contributed by atoms with Crippen molar-refractivity contribution in [3.8, 4) is 0 Å². The summed E-state index contributed by atoms with van der Waals surface area (Å²) < 4.78 is 1.25. The smallest absolute Gasteiger partial charge is 0.0746 e. The highest BCUT2D eigenvalue weighted by molar-refractivity contribution is 9.11. The molecule has 0 amide bonds. The van der Waals surface area contributed by atoms with E-state index in [1.807, 2.05) is 0 Å². The van der Waals surface area contributed by atoms with E-state index in [2.05, 4.69) is 26.9 Å². The van der Waals surface area contributed by atoms with Crippen LogP contribution in [-0.2, 0) is 13.1 Å². The first-order chi connectivity index (χ1) is 6.79. The van der Waals surface area contributed by atoms with Gasteiger partial charge < -0.3 is 5.73 Å². The van der Waals surface area contributed by atoms with E-state index in [0.717, 1.165) is 6.54 Å². The molecule has 1 aromatic rings. The zero-order chi connectivity index (χ0) is 9.97. The minimum atomic E-state index is 0.656. The minimum Gasteiger partial charge on any atom is -0.326 e. The van der Waals surface area contributed by atoms with Gasteiger partial charge in [-0.2, -0.15) is 0 Å². The largest absolute Gasteiger partial charge is 0.326 e. The molecule has 0 atom stereocenters. The molecule has 78 valence electrons. The highest BCUT2D eigenvalue weighted by Crippen LogP contribution is 2.29. The van der Waals surface area contributed by atoms with Gasteiger partial charge in [0, 0.05) is 18.0 Å². The Morgan fingerprint density at radius 1 is 1.43 bits per heavy atom. The summed E-state index contributed by atoms with van der Waals surface area (Å²) in [6.45, 7) is 4.24. The van der Waals surface area contributed by atoms with Crippen molar-refractivity contribution in [1.82, 2.24) is 4.90 Å². The van der Waals surface area contributed by atoms with E-state index in [0.29, 0.717) is 6.54 Å². The molecule has 2 heterocycles. The lowest BCUT2D eigenvalue weighted by Crippen LogP contribution is -2.18. The molecule has 0 unspecified atom stereocenters. The molecule has 1 aromatic heterocycles. The predicted molar refractivity (Wildman–Crippen MR) is 64.4 cm³/mol. The Kier molecular flexibility index (Phi) is 3.60. The van der Waals surface area contributed by atoms with Crippen LogP contribution in [0.15, 0.2) is 9.85 Å². The molecule has 2 nitrogen and oxygen atoms in total. The molecule has 1 fully saturated rings. The number of hydrogen-bond donors (Lipinski definition) is 1. The predicted octanol–water partition coefficient (Wildman–Crippen LogP) is 2.57. The van der Waals surface area contributed by atoms with Crippen molar-refractivity contribution in [3.05, 3.63) is 20.3 Å². The van der Waals surface area contributed by atoms with Gasteiger partial charge >= 0.3 is 0 Å². The number of likely N-dealkylation sites (tertiary alicyclic amines) is 1. The summed E-state index contributed by atoms with van der Waals surface area (Å²) in [5.41, 5.74) is 7.02. The number of nitrogens with two attached hydrogens (primary N) is 1. The van der Waals surface area contributed by atoms with Gasteiger partial charge in [-0.05, 0) is 53.5 Å². The van der Waals surface area contributed by atoms with Crippen molar-refractivity contribution in [3.63, 3.8) is 0 Å². The number of nitrogens with zero attached hydrogens (tertiary/aromatic N) is 1. The average Bonchev–Trinajstić information content (AvgIpc) is 2.78. The van der Waals surface area contributed by atoms with Crippen LogP contribution >= 0.6 is 27.3 Å². The van der Waals surface area contributed by atoms with Gasteiger partial charge in [0.25, 0.3) is 0 Å². The quantitative estimate of drug-likeness (QED) is 0.918. The molecular formula is C10H15BrN2S. The minimum absolute atomic E-state index is 0.656. The summed E-state index contributed by atoms with van der Waals surface area (Å²) in [5.74, 6) is 0. The molecule has 0 aliphatic carbocycles. The SMILES string of the molecule is NCc1cc(CN2CCCC2)c(Br)s1. The van der Waals surface area contributed by atoms with Crippen LogP contribution in [0.1, 0.15) is 23.3 Å². The summed E-state index contributed by atoms with van der Waals surface area (Å²) in [7, 11) is 0. The number of hydrogen-bond acceptors (Lipinski definition) is 3. The maximum absolute atomic E-state index is 5.62. The van der Waals surface area contributed by atoms with Crippen LogP contribution < -0.4 is 5.73 Å². The topological polar surface area (TPSA) is 29.3 Å². The first-order valence-corrected chi connectivity index (χ1v) is 6.60. The van der Waals surface area contributed by atoms with Gasteiger partial charge in [-0.25, -0.2) is 0 Å². The Morgan fingerprint density at radius 3 is 2.71 bits per heavy atom. The fraction of sp³-hybridized carbons (Fsp3) is 0.600. The molecule has 0 aromatic carbocycles. The third-order valence-electron chi connectivity index (χ3n) is 2.60. The second-order valence-corrected chi connectivity index (χ2v) is 6.15. The Labute approximate surface area is 97.2 Å². The van der Waals surface area contributed by atoms with Gasteiger partial charge in [0.05, 0.1) is 3.79 Å². The molecule has 2 N–H and O–H groups in total. The molecule has 1 saturated heterocycles. The van der Waals surface area contributed by atoms with E-state index in [1.165, 1.54) is 40.2 Å². The summed E-state index contributed by atoms with van der Waals surface area (Å²) >= 11 is 5.36. The Morgan fingerprint density at radius 2 is 2.14 bits per heavy atom. The molecule has 0 bridgehead atoms. The molecule has 1 aliphatic rings. The maximum Gasteiger partial charge on any atom is 0.0746 e. The Bertz CT molecular complexity index is 305. The fourth-order valence-electron chi connectivity index (χ4n) is 1.85. The highest BCUT2D eigenvalue weighted by Gasteiger charge is 2.14. The van der Waals surface area contributed by atoms with Crippen molar-refractivity contribution < 1.29 is 0 Å². The highest BCUT2D eigenvalue weighted by atomic mass is 79.9. The summed E-state index contributed by atoms with van der Waals surface area (Å²) in [5, 5.41) is 0. The van der Waals surface area contributed by atoms with Gasteiger partial charge in [-0.1, -0.05) is 0 Å². The molecule has 2 rings (SSSR count). The van der Waals surface area contributed by atoms with Gasteiger partial charge in [-0.3, -0.25) is 4.90 Å². The van der Waals surface area contributed by atoms with E-state index in [-0.39, 0.29) is 0 Å². The van der Waals surface area contributed by atoms with Crippen molar-refractivity contribution in [2.75, 3.05) is 13.1 Å². The van der Waals surface area contributed by atoms with E-state index in [9.17, 15) is 0 Å². The van der Waals surface area contributed by atoms with Crippen LogP contribution in [0, 0.1) is 0 Å². The zero-order valence-corrected chi connectivity index (χ0v) is 10.5. The van der Waals surface area contributed by atoms with Crippen molar-refractivity contribution in [2.24, 2.45) is 5.73 Å². The zero-order valence-electron chi connectivity index (χ0n) is 8.13. The molecule has 0 spiro atoms. The summed E-state index contributed by atoms with van der Waals surface area (Å²) in [6, 6.07) is 2.23. The summed E-state index contributed by atoms with van der Waals surface area (Å²) in [6.07, 6.45) is 2.71. The molecular weight excluding hydrogens is 260 g/mol. The summed E-state index contributed by atoms with van der Waals surface area (Å²) in [4.78, 5) is 3.78. The second-order valence-electron chi connectivity index (χ2n) is 3.70. The van der Waals surface area contributed by atoms with Crippen LogP contribution in [0.5, 0.6) is 0 Å². The van der Waals surface area contributed by atoms with Crippen LogP contribution in [0.3, 0.4) is 0 Å². The third-order valence-corrected chi connectivity index (χ3v) is 4.59. The monoisotopic (exact) mass is 274 g/mol. The van der Waals surface area contributed by atoms with Crippen LogP contribution in [0.2, 0.25) is 0 Å². The van der Waals surface area contributed by atoms with Crippen molar-refractivity contribution in [2.45, 2.75) is 25.9 Å². The molecule has 0 radical (unpaired) electrons. The average molecular weight is 275 g/mol. The first kappa shape index (κ1) is 10.6. The number of thiophene rings is 1. The molecule has 4 heteroatoms. The van der Waals surface area contributed by atoms with E-state index in [1.54, 1.807) is 11.3 Å². The van der Waals surface area contributed by atoms with Gasteiger partial charge in [0.1, 0.15) is 0 Å². The van der Waals surface area contributed by atoms with E-state index < -0.39 is 0 Å². The fourth-order valence-corrected chi connectivity index (χ4v) is 3.48. The van der Waals surface area contributed by atoms with Crippen molar-refractivity contribution in [1.29, 1.82) is 0 Å². The lowest BCUT2D eigenvalue weighted by atomic mass is 10.3. The normalized spacial score (nSPS) is 17.9. The van der Waals surface area contributed by atoms with E-state index >= 15 is 0 Å². The number of rotatable bonds is 3. The first-order valence-electron chi connectivity index (χ1n) is 4.99. The van der Waals surface area contributed by atoms with Gasteiger partial charge in [0.2, 0.25) is 0 Å². The second kappa shape index (κ2) is 4.75. The molecule has 14 heavy (non-hydrogen) atoms. The Balaban J connectivity index is 2.03. The standard InChI is InChI=1S/C10H15BrN2S/c11-10-8(5-9(6-12)14-10)7-13-3-1-2-4-13/h5H,1-4,6-7,12H2.